The largest absolute Gasteiger partial charge is 0.333 e. The second-order valence-electron chi connectivity index (χ2n) is 3.22. The zero-order valence-electron chi connectivity index (χ0n) is 6.55. The Bertz CT molecular complexity index is 263. The van der Waals surface area contributed by atoms with Crippen molar-refractivity contribution in [3.8, 4) is 0 Å². The summed E-state index contributed by atoms with van der Waals surface area (Å²) in [6.07, 6.45) is 4.57. The van der Waals surface area contributed by atoms with Gasteiger partial charge in [0, 0.05) is 6.54 Å². The molecule has 0 spiro atoms. The summed E-state index contributed by atoms with van der Waals surface area (Å²) in [5.41, 5.74) is 1.10. The van der Waals surface area contributed by atoms with Crippen LogP contribution < -0.4 is 0 Å². The molecule has 1 aromatic rings. The van der Waals surface area contributed by atoms with E-state index < -0.39 is 0 Å². The summed E-state index contributed by atoms with van der Waals surface area (Å²) in [4.78, 5) is 4.03. The monoisotopic (exact) mass is 170 g/mol. The van der Waals surface area contributed by atoms with Crippen LogP contribution >= 0.6 is 11.6 Å². The summed E-state index contributed by atoms with van der Waals surface area (Å²) in [7, 11) is 0. The Morgan fingerprint density at radius 2 is 2.45 bits per heavy atom. The van der Waals surface area contributed by atoms with E-state index in [0.29, 0.717) is 5.15 Å². The highest BCUT2D eigenvalue weighted by molar-refractivity contribution is 6.30. The predicted molar refractivity (Wildman–Crippen MR) is 44.7 cm³/mol. The molecule has 0 amide bonds. The van der Waals surface area contributed by atoms with Gasteiger partial charge in [0.25, 0.3) is 0 Å². The number of imidazole rings is 1. The van der Waals surface area contributed by atoms with Crippen molar-refractivity contribution < 1.29 is 0 Å². The minimum atomic E-state index is 0.644. The quantitative estimate of drug-likeness (QED) is 0.666. The van der Waals surface area contributed by atoms with Gasteiger partial charge >= 0.3 is 0 Å². The number of rotatable bonds is 2. The van der Waals surface area contributed by atoms with Crippen LogP contribution in [-0.4, -0.2) is 9.55 Å². The van der Waals surface area contributed by atoms with Crippen LogP contribution in [0.25, 0.3) is 0 Å². The molecule has 0 aliphatic heterocycles. The topological polar surface area (TPSA) is 17.8 Å². The van der Waals surface area contributed by atoms with Crippen LogP contribution in [0.4, 0.5) is 0 Å². The SMILES string of the molecule is Cc1c(Cl)ncn1CC1CC1. The van der Waals surface area contributed by atoms with Crippen molar-refractivity contribution in [3.05, 3.63) is 17.2 Å². The number of hydrogen-bond acceptors (Lipinski definition) is 1. The van der Waals surface area contributed by atoms with Crippen molar-refractivity contribution in [2.75, 3.05) is 0 Å². The summed E-state index contributed by atoms with van der Waals surface area (Å²) in [5, 5.41) is 0.644. The highest BCUT2D eigenvalue weighted by atomic mass is 35.5. The fraction of sp³-hybridized carbons (Fsp3) is 0.625. The molecule has 2 nitrogen and oxygen atoms in total. The molecule has 0 N–H and O–H groups in total. The molecule has 1 fully saturated rings. The van der Waals surface area contributed by atoms with Crippen LogP contribution in [0.15, 0.2) is 6.33 Å². The van der Waals surface area contributed by atoms with E-state index in [2.05, 4.69) is 9.55 Å². The van der Waals surface area contributed by atoms with E-state index in [4.69, 9.17) is 11.6 Å². The van der Waals surface area contributed by atoms with Gasteiger partial charge < -0.3 is 4.57 Å². The maximum Gasteiger partial charge on any atom is 0.149 e. The molecule has 0 saturated heterocycles. The minimum Gasteiger partial charge on any atom is -0.333 e. The molecule has 1 saturated carbocycles. The van der Waals surface area contributed by atoms with Gasteiger partial charge in [-0.2, -0.15) is 0 Å². The fourth-order valence-electron chi connectivity index (χ4n) is 1.18. The van der Waals surface area contributed by atoms with Crippen molar-refractivity contribution in [2.24, 2.45) is 5.92 Å². The van der Waals surface area contributed by atoms with Crippen LogP contribution in [0.2, 0.25) is 5.15 Å². The summed E-state index contributed by atoms with van der Waals surface area (Å²) in [6.45, 7) is 3.11. The molecule has 60 valence electrons. The number of halogens is 1. The first-order valence-corrected chi connectivity index (χ1v) is 4.32. The molecular weight excluding hydrogens is 160 g/mol. The molecule has 0 aromatic carbocycles. The Labute approximate surface area is 71.2 Å². The Balaban J connectivity index is 2.15. The van der Waals surface area contributed by atoms with E-state index in [-0.39, 0.29) is 0 Å². The highest BCUT2D eigenvalue weighted by Gasteiger charge is 2.22. The van der Waals surface area contributed by atoms with Gasteiger partial charge in [-0.05, 0) is 25.7 Å². The van der Waals surface area contributed by atoms with Gasteiger partial charge in [-0.15, -0.1) is 0 Å². The van der Waals surface area contributed by atoms with Gasteiger partial charge in [-0.25, -0.2) is 4.98 Å². The van der Waals surface area contributed by atoms with Crippen LogP contribution in [-0.2, 0) is 6.54 Å². The summed E-state index contributed by atoms with van der Waals surface area (Å²) >= 11 is 5.80. The first-order chi connectivity index (χ1) is 5.27. The Morgan fingerprint density at radius 3 is 2.91 bits per heavy atom. The third-order valence-corrected chi connectivity index (χ3v) is 2.56. The van der Waals surface area contributed by atoms with Crippen molar-refractivity contribution in [2.45, 2.75) is 26.3 Å². The zero-order valence-corrected chi connectivity index (χ0v) is 7.30. The molecule has 1 heterocycles. The lowest BCUT2D eigenvalue weighted by Crippen LogP contribution is -1.99. The van der Waals surface area contributed by atoms with E-state index in [1.54, 1.807) is 0 Å². The van der Waals surface area contributed by atoms with E-state index in [0.717, 1.165) is 18.2 Å². The third-order valence-electron chi connectivity index (χ3n) is 2.19. The van der Waals surface area contributed by atoms with Crippen molar-refractivity contribution >= 4 is 11.6 Å². The average molecular weight is 171 g/mol. The Kier molecular flexibility index (Phi) is 1.64. The van der Waals surface area contributed by atoms with Crippen LogP contribution in [0.1, 0.15) is 18.5 Å². The number of hydrogen-bond donors (Lipinski definition) is 0. The van der Waals surface area contributed by atoms with E-state index in [1.807, 2.05) is 13.3 Å². The molecule has 1 aliphatic carbocycles. The highest BCUT2D eigenvalue weighted by Crippen LogP contribution is 2.31. The lowest BCUT2D eigenvalue weighted by Gasteiger charge is -2.01. The van der Waals surface area contributed by atoms with Crippen molar-refractivity contribution in [3.63, 3.8) is 0 Å². The van der Waals surface area contributed by atoms with Gasteiger partial charge in [0.1, 0.15) is 5.15 Å². The van der Waals surface area contributed by atoms with E-state index in [9.17, 15) is 0 Å². The molecule has 0 atom stereocenters. The Morgan fingerprint density at radius 1 is 1.73 bits per heavy atom. The average Bonchev–Trinajstić information content (AvgIpc) is 2.74. The smallest absolute Gasteiger partial charge is 0.149 e. The van der Waals surface area contributed by atoms with Gasteiger partial charge in [0.15, 0.2) is 0 Å². The molecular formula is C8H11ClN2. The van der Waals surface area contributed by atoms with Crippen LogP contribution in [0.3, 0.4) is 0 Å². The summed E-state index contributed by atoms with van der Waals surface area (Å²) in [6, 6.07) is 0. The normalized spacial score (nSPS) is 17.3. The molecule has 1 aromatic heterocycles. The van der Waals surface area contributed by atoms with Crippen LogP contribution in [0.5, 0.6) is 0 Å². The van der Waals surface area contributed by atoms with E-state index >= 15 is 0 Å². The van der Waals surface area contributed by atoms with Gasteiger partial charge in [0.05, 0.1) is 12.0 Å². The second kappa shape index (κ2) is 2.52. The minimum absolute atomic E-state index is 0.644. The number of aromatic nitrogens is 2. The van der Waals surface area contributed by atoms with Gasteiger partial charge in [-0.3, -0.25) is 0 Å². The predicted octanol–water partition coefficient (Wildman–Crippen LogP) is 2.25. The molecule has 1 aliphatic rings. The Hall–Kier alpha value is -0.500. The van der Waals surface area contributed by atoms with Gasteiger partial charge in [0.2, 0.25) is 0 Å². The molecule has 2 rings (SSSR count). The maximum absolute atomic E-state index is 5.80. The van der Waals surface area contributed by atoms with Gasteiger partial charge in [-0.1, -0.05) is 11.6 Å². The first kappa shape index (κ1) is 7.17. The van der Waals surface area contributed by atoms with Crippen molar-refractivity contribution in [1.29, 1.82) is 0 Å². The maximum atomic E-state index is 5.80. The lowest BCUT2D eigenvalue weighted by molar-refractivity contribution is 0.613. The summed E-state index contributed by atoms with van der Waals surface area (Å²) in [5.74, 6) is 0.888. The zero-order chi connectivity index (χ0) is 7.84. The number of nitrogens with zero attached hydrogens (tertiary/aromatic N) is 2. The fourth-order valence-corrected chi connectivity index (χ4v) is 1.33. The van der Waals surface area contributed by atoms with Crippen LogP contribution in [0, 0.1) is 12.8 Å². The molecule has 0 bridgehead atoms. The second-order valence-corrected chi connectivity index (χ2v) is 3.57. The third kappa shape index (κ3) is 1.41. The molecule has 11 heavy (non-hydrogen) atoms. The lowest BCUT2D eigenvalue weighted by atomic mass is 10.4. The first-order valence-electron chi connectivity index (χ1n) is 3.94. The molecule has 0 radical (unpaired) electrons. The summed E-state index contributed by atoms with van der Waals surface area (Å²) < 4.78 is 2.14. The molecule has 3 heteroatoms. The van der Waals surface area contributed by atoms with E-state index in [1.165, 1.54) is 12.8 Å². The van der Waals surface area contributed by atoms with Crippen molar-refractivity contribution in [1.82, 2.24) is 9.55 Å². The molecule has 0 unspecified atom stereocenters. The standard InChI is InChI=1S/C8H11ClN2/c1-6-8(9)10-5-11(6)4-7-2-3-7/h5,7H,2-4H2,1H3.